The summed E-state index contributed by atoms with van der Waals surface area (Å²) in [5.74, 6) is 0.476. The Hall–Kier alpha value is -1.01. The summed E-state index contributed by atoms with van der Waals surface area (Å²) in [5, 5.41) is 7.56. The van der Waals surface area contributed by atoms with Crippen LogP contribution in [-0.4, -0.2) is 51.6 Å². The maximum atomic E-state index is 13.4. The molecule has 0 spiro atoms. The summed E-state index contributed by atoms with van der Waals surface area (Å²) in [6.45, 7) is 5.13. The van der Waals surface area contributed by atoms with Gasteiger partial charge in [0, 0.05) is 43.8 Å². The summed E-state index contributed by atoms with van der Waals surface area (Å²) in [7, 11) is 0. The Kier molecular flexibility index (Phi) is 5.89. The first kappa shape index (κ1) is 18.4. The molecule has 4 rings (SSSR count). The first-order chi connectivity index (χ1) is 12.8. The lowest BCUT2D eigenvalue weighted by Crippen LogP contribution is -2.53. The number of morpholine rings is 1. The molecule has 26 heavy (non-hydrogen) atoms. The lowest BCUT2D eigenvalue weighted by molar-refractivity contribution is 0.0418. The fourth-order valence-corrected chi connectivity index (χ4v) is 5.04. The highest BCUT2D eigenvalue weighted by molar-refractivity contribution is 5.27. The highest BCUT2D eigenvalue weighted by atomic mass is 19.1. The van der Waals surface area contributed by atoms with Crippen molar-refractivity contribution in [2.75, 3.05) is 39.5 Å². The van der Waals surface area contributed by atoms with E-state index in [1.54, 1.807) is 12.1 Å². The van der Waals surface area contributed by atoms with Crippen LogP contribution in [0.3, 0.4) is 0 Å². The molecule has 1 saturated carbocycles. The van der Waals surface area contributed by atoms with Crippen molar-refractivity contribution in [2.24, 2.45) is 5.92 Å². The zero-order chi connectivity index (χ0) is 17.8. The summed E-state index contributed by atoms with van der Waals surface area (Å²) < 4.78 is 24.7. The minimum atomic E-state index is -0.164. The van der Waals surface area contributed by atoms with Gasteiger partial charge in [0.2, 0.25) is 0 Å². The van der Waals surface area contributed by atoms with Crippen LogP contribution in [0.15, 0.2) is 24.3 Å². The molecule has 0 aromatic heterocycles. The molecule has 0 radical (unpaired) electrons. The van der Waals surface area contributed by atoms with E-state index in [1.165, 1.54) is 24.8 Å². The molecule has 5 heteroatoms. The van der Waals surface area contributed by atoms with E-state index >= 15 is 0 Å². The number of rotatable bonds is 5. The van der Waals surface area contributed by atoms with Crippen molar-refractivity contribution in [3.63, 3.8) is 0 Å². The quantitative estimate of drug-likeness (QED) is 0.845. The van der Waals surface area contributed by atoms with Crippen molar-refractivity contribution >= 4 is 0 Å². The average Bonchev–Trinajstić information content (AvgIpc) is 3.17. The number of ether oxygens (including phenoxy) is 2. The molecule has 144 valence electrons. The second-order valence-corrected chi connectivity index (χ2v) is 8.12. The van der Waals surface area contributed by atoms with Crippen LogP contribution in [0.5, 0.6) is 0 Å². The molecule has 0 amide bonds. The standard InChI is InChI=1S/C21H31FN2O2/c22-17-6-4-16(5-7-17)21(8-11-25-12-9-21)15-24-19-3-1-2-18(19)20-14-26-13-10-23-20/h4-7,18-20,23-24H,1-3,8-15H2. The van der Waals surface area contributed by atoms with Crippen molar-refractivity contribution in [2.45, 2.75) is 49.6 Å². The zero-order valence-electron chi connectivity index (χ0n) is 15.5. The van der Waals surface area contributed by atoms with Crippen LogP contribution in [0.25, 0.3) is 0 Å². The number of halogens is 1. The molecular formula is C21H31FN2O2. The first-order valence-electron chi connectivity index (χ1n) is 10.2. The number of benzene rings is 1. The van der Waals surface area contributed by atoms with E-state index in [1.807, 2.05) is 12.1 Å². The van der Waals surface area contributed by atoms with Crippen LogP contribution in [0.2, 0.25) is 0 Å². The van der Waals surface area contributed by atoms with Gasteiger partial charge >= 0.3 is 0 Å². The topological polar surface area (TPSA) is 42.5 Å². The van der Waals surface area contributed by atoms with Crippen LogP contribution in [0, 0.1) is 11.7 Å². The van der Waals surface area contributed by atoms with Gasteiger partial charge in [-0.1, -0.05) is 18.6 Å². The van der Waals surface area contributed by atoms with Gasteiger partial charge in [-0.15, -0.1) is 0 Å². The average molecular weight is 362 g/mol. The molecule has 0 bridgehead atoms. The zero-order valence-corrected chi connectivity index (χ0v) is 15.5. The second kappa shape index (κ2) is 8.34. The van der Waals surface area contributed by atoms with Crippen molar-refractivity contribution in [3.05, 3.63) is 35.6 Å². The number of hydrogen-bond donors (Lipinski definition) is 2. The van der Waals surface area contributed by atoms with E-state index in [-0.39, 0.29) is 11.2 Å². The van der Waals surface area contributed by atoms with Crippen molar-refractivity contribution in [1.82, 2.24) is 10.6 Å². The normalized spacial score (nSPS) is 31.8. The fraction of sp³-hybridized carbons (Fsp3) is 0.714. The van der Waals surface area contributed by atoms with Crippen LogP contribution < -0.4 is 10.6 Å². The van der Waals surface area contributed by atoms with Crippen LogP contribution in [0.1, 0.15) is 37.7 Å². The third-order valence-electron chi connectivity index (χ3n) is 6.65. The van der Waals surface area contributed by atoms with Gasteiger partial charge in [0.25, 0.3) is 0 Å². The summed E-state index contributed by atoms with van der Waals surface area (Å²) in [5.41, 5.74) is 1.29. The summed E-state index contributed by atoms with van der Waals surface area (Å²) in [6.07, 6.45) is 5.78. The summed E-state index contributed by atoms with van der Waals surface area (Å²) in [6, 6.07) is 8.12. The van der Waals surface area contributed by atoms with Crippen molar-refractivity contribution in [1.29, 1.82) is 0 Å². The Morgan fingerprint density at radius 1 is 1.08 bits per heavy atom. The molecule has 3 atom stereocenters. The molecule has 2 aliphatic heterocycles. The Morgan fingerprint density at radius 2 is 1.88 bits per heavy atom. The lowest BCUT2D eigenvalue weighted by atomic mass is 9.73. The van der Waals surface area contributed by atoms with Gasteiger partial charge in [0.05, 0.1) is 13.2 Å². The molecule has 1 aromatic carbocycles. The third kappa shape index (κ3) is 3.96. The van der Waals surface area contributed by atoms with E-state index in [0.717, 1.165) is 52.4 Å². The van der Waals surface area contributed by atoms with E-state index in [0.29, 0.717) is 18.0 Å². The SMILES string of the molecule is Fc1ccc(C2(CNC3CCCC3C3COCCN3)CCOCC2)cc1. The molecule has 3 unspecified atom stereocenters. The summed E-state index contributed by atoms with van der Waals surface area (Å²) in [4.78, 5) is 0. The Labute approximate surface area is 155 Å². The largest absolute Gasteiger partial charge is 0.381 e. The second-order valence-electron chi connectivity index (χ2n) is 8.12. The molecule has 2 N–H and O–H groups in total. The van der Waals surface area contributed by atoms with E-state index in [9.17, 15) is 4.39 Å². The van der Waals surface area contributed by atoms with Gasteiger partial charge in [-0.05, 0) is 49.3 Å². The predicted octanol–water partition coefficient (Wildman–Crippen LogP) is 2.62. The van der Waals surface area contributed by atoms with Gasteiger partial charge in [0.1, 0.15) is 5.82 Å². The molecule has 4 nitrogen and oxygen atoms in total. The lowest BCUT2D eigenvalue weighted by Gasteiger charge is -2.40. The van der Waals surface area contributed by atoms with Gasteiger partial charge in [-0.25, -0.2) is 4.39 Å². The van der Waals surface area contributed by atoms with Gasteiger partial charge in [-0.3, -0.25) is 0 Å². The predicted molar refractivity (Wildman–Crippen MR) is 99.9 cm³/mol. The van der Waals surface area contributed by atoms with Gasteiger partial charge in [0.15, 0.2) is 0 Å². The molecule has 3 aliphatic rings. The molecule has 2 saturated heterocycles. The first-order valence-corrected chi connectivity index (χ1v) is 10.2. The minimum absolute atomic E-state index is 0.0512. The van der Waals surface area contributed by atoms with Crippen LogP contribution in [0.4, 0.5) is 4.39 Å². The number of hydrogen-bond acceptors (Lipinski definition) is 4. The van der Waals surface area contributed by atoms with Crippen LogP contribution >= 0.6 is 0 Å². The number of nitrogens with one attached hydrogen (secondary N) is 2. The molecule has 1 aliphatic carbocycles. The highest BCUT2D eigenvalue weighted by Crippen LogP contribution is 2.36. The van der Waals surface area contributed by atoms with E-state index < -0.39 is 0 Å². The third-order valence-corrected chi connectivity index (χ3v) is 6.65. The maximum Gasteiger partial charge on any atom is 0.123 e. The van der Waals surface area contributed by atoms with Crippen LogP contribution in [-0.2, 0) is 14.9 Å². The Morgan fingerprint density at radius 3 is 2.62 bits per heavy atom. The minimum Gasteiger partial charge on any atom is -0.381 e. The molecule has 2 heterocycles. The Bertz CT molecular complexity index is 568. The molecule has 3 fully saturated rings. The van der Waals surface area contributed by atoms with Crippen molar-refractivity contribution < 1.29 is 13.9 Å². The Balaban J connectivity index is 1.45. The van der Waals surface area contributed by atoms with E-state index in [4.69, 9.17) is 9.47 Å². The highest BCUT2D eigenvalue weighted by Gasteiger charge is 2.38. The smallest absolute Gasteiger partial charge is 0.123 e. The molecule has 1 aromatic rings. The monoisotopic (exact) mass is 362 g/mol. The maximum absolute atomic E-state index is 13.4. The fourth-order valence-electron chi connectivity index (χ4n) is 5.04. The van der Waals surface area contributed by atoms with Crippen molar-refractivity contribution in [3.8, 4) is 0 Å². The van der Waals surface area contributed by atoms with Gasteiger partial charge in [-0.2, -0.15) is 0 Å². The van der Waals surface area contributed by atoms with Gasteiger partial charge < -0.3 is 20.1 Å². The summed E-state index contributed by atoms with van der Waals surface area (Å²) >= 11 is 0. The van der Waals surface area contributed by atoms with E-state index in [2.05, 4.69) is 10.6 Å². The molecular weight excluding hydrogens is 331 g/mol.